The standard InChI is InChI=1S/C14H18N4/c1-10(2)9-11-3-5-12(6-4-11)13-7-8-16-14(17-13)18-15/h3-8,10H,9,15H2,1-2H3,(H,16,17,18). The van der Waals surface area contributed by atoms with Gasteiger partial charge in [-0.05, 0) is 24.0 Å². The van der Waals surface area contributed by atoms with E-state index < -0.39 is 0 Å². The maximum atomic E-state index is 5.30. The Bertz CT molecular complexity index is 505. The fraction of sp³-hybridized carbons (Fsp3) is 0.286. The van der Waals surface area contributed by atoms with Crippen molar-refractivity contribution in [2.75, 3.05) is 5.43 Å². The van der Waals surface area contributed by atoms with Crippen LogP contribution in [0, 0.1) is 5.92 Å². The van der Waals surface area contributed by atoms with Gasteiger partial charge in [0.1, 0.15) is 0 Å². The predicted octanol–water partition coefficient (Wildman–Crippen LogP) is 2.63. The lowest BCUT2D eigenvalue weighted by atomic mass is 10.0. The minimum absolute atomic E-state index is 0.429. The molecule has 1 aromatic heterocycles. The Labute approximate surface area is 107 Å². The van der Waals surface area contributed by atoms with Gasteiger partial charge >= 0.3 is 0 Å². The van der Waals surface area contributed by atoms with Gasteiger partial charge in [-0.2, -0.15) is 0 Å². The van der Waals surface area contributed by atoms with Gasteiger partial charge in [0.25, 0.3) is 0 Å². The summed E-state index contributed by atoms with van der Waals surface area (Å²) in [4.78, 5) is 8.30. The molecule has 18 heavy (non-hydrogen) atoms. The van der Waals surface area contributed by atoms with Crippen LogP contribution in [0.2, 0.25) is 0 Å². The molecule has 2 aromatic rings. The van der Waals surface area contributed by atoms with Gasteiger partial charge in [0.15, 0.2) is 0 Å². The molecule has 0 spiro atoms. The van der Waals surface area contributed by atoms with Crippen molar-refractivity contribution < 1.29 is 0 Å². The van der Waals surface area contributed by atoms with Gasteiger partial charge in [0.2, 0.25) is 5.95 Å². The molecule has 94 valence electrons. The molecule has 0 unspecified atom stereocenters. The molecule has 0 aliphatic carbocycles. The average Bonchev–Trinajstić information content (AvgIpc) is 2.39. The minimum Gasteiger partial charge on any atom is -0.292 e. The Balaban J connectivity index is 2.22. The number of nitrogens with one attached hydrogen (secondary N) is 1. The van der Waals surface area contributed by atoms with Crippen LogP contribution in [0.15, 0.2) is 36.5 Å². The van der Waals surface area contributed by atoms with Crippen LogP contribution in [-0.2, 0) is 6.42 Å². The Kier molecular flexibility index (Phi) is 3.89. The van der Waals surface area contributed by atoms with E-state index in [-0.39, 0.29) is 0 Å². The van der Waals surface area contributed by atoms with E-state index in [0.29, 0.717) is 11.9 Å². The molecule has 3 N–H and O–H groups in total. The maximum Gasteiger partial charge on any atom is 0.237 e. The number of hydrogen-bond acceptors (Lipinski definition) is 4. The highest BCUT2D eigenvalue weighted by atomic mass is 15.3. The third-order valence-electron chi connectivity index (χ3n) is 2.68. The van der Waals surface area contributed by atoms with Crippen molar-refractivity contribution in [1.29, 1.82) is 0 Å². The maximum absolute atomic E-state index is 5.30. The van der Waals surface area contributed by atoms with Gasteiger partial charge in [0, 0.05) is 11.8 Å². The lowest BCUT2D eigenvalue weighted by Crippen LogP contribution is -2.10. The van der Waals surface area contributed by atoms with Gasteiger partial charge in [0.05, 0.1) is 5.69 Å². The number of anilines is 1. The molecule has 1 heterocycles. The minimum atomic E-state index is 0.429. The van der Waals surface area contributed by atoms with E-state index in [4.69, 9.17) is 5.84 Å². The monoisotopic (exact) mass is 242 g/mol. The second-order valence-electron chi connectivity index (χ2n) is 4.70. The number of hydrazine groups is 1. The van der Waals surface area contributed by atoms with Crippen molar-refractivity contribution in [2.45, 2.75) is 20.3 Å². The highest BCUT2D eigenvalue weighted by Gasteiger charge is 2.02. The Morgan fingerprint density at radius 2 is 1.89 bits per heavy atom. The van der Waals surface area contributed by atoms with Crippen molar-refractivity contribution in [3.05, 3.63) is 42.1 Å². The van der Waals surface area contributed by atoms with E-state index in [1.165, 1.54) is 5.56 Å². The molecule has 1 aromatic carbocycles. The first-order valence-electron chi connectivity index (χ1n) is 6.08. The molecule has 2 rings (SSSR count). The van der Waals surface area contributed by atoms with Crippen molar-refractivity contribution in [2.24, 2.45) is 11.8 Å². The van der Waals surface area contributed by atoms with Crippen LogP contribution in [0.4, 0.5) is 5.95 Å². The molecule has 0 bridgehead atoms. The van der Waals surface area contributed by atoms with Gasteiger partial charge in [-0.15, -0.1) is 0 Å². The third-order valence-corrected chi connectivity index (χ3v) is 2.68. The molecule has 0 aliphatic rings. The van der Waals surface area contributed by atoms with Gasteiger partial charge in [-0.25, -0.2) is 15.8 Å². The van der Waals surface area contributed by atoms with E-state index in [0.717, 1.165) is 17.7 Å². The molecule has 0 aliphatic heterocycles. The molecule has 0 fully saturated rings. The van der Waals surface area contributed by atoms with Crippen LogP contribution in [0.1, 0.15) is 19.4 Å². The summed E-state index contributed by atoms with van der Waals surface area (Å²) in [5.41, 5.74) is 5.74. The first-order chi connectivity index (χ1) is 8.69. The highest BCUT2D eigenvalue weighted by molar-refractivity contribution is 5.60. The highest BCUT2D eigenvalue weighted by Crippen LogP contribution is 2.19. The second-order valence-corrected chi connectivity index (χ2v) is 4.70. The first kappa shape index (κ1) is 12.5. The molecule has 0 amide bonds. The van der Waals surface area contributed by atoms with Crippen LogP contribution in [0.3, 0.4) is 0 Å². The summed E-state index contributed by atoms with van der Waals surface area (Å²) in [7, 11) is 0. The van der Waals surface area contributed by atoms with Crippen LogP contribution in [-0.4, -0.2) is 9.97 Å². The predicted molar refractivity (Wildman–Crippen MR) is 73.8 cm³/mol. The fourth-order valence-electron chi connectivity index (χ4n) is 1.87. The summed E-state index contributed by atoms with van der Waals surface area (Å²) in [6.07, 6.45) is 2.79. The fourth-order valence-corrected chi connectivity index (χ4v) is 1.87. The van der Waals surface area contributed by atoms with E-state index in [1.54, 1.807) is 6.20 Å². The van der Waals surface area contributed by atoms with Crippen molar-refractivity contribution in [3.63, 3.8) is 0 Å². The van der Waals surface area contributed by atoms with E-state index in [2.05, 4.69) is 53.5 Å². The molecular weight excluding hydrogens is 224 g/mol. The molecule has 0 saturated heterocycles. The number of nitrogens with two attached hydrogens (primary N) is 1. The average molecular weight is 242 g/mol. The number of benzene rings is 1. The first-order valence-corrected chi connectivity index (χ1v) is 6.08. The second kappa shape index (κ2) is 5.60. The zero-order valence-corrected chi connectivity index (χ0v) is 10.7. The number of aromatic nitrogens is 2. The third kappa shape index (κ3) is 3.05. The summed E-state index contributed by atoms with van der Waals surface area (Å²) >= 11 is 0. The van der Waals surface area contributed by atoms with Crippen LogP contribution >= 0.6 is 0 Å². The topological polar surface area (TPSA) is 63.8 Å². The van der Waals surface area contributed by atoms with Gasteiger partial charge in [-0.1, -0.05) is 38.1 Å². The smallest absolute Gasteiger partial charge is 0.237 e. The Hall–Kier alpha value is -1.94. The molecule has 0 radical (unpaired) electrons. The number of hydrogen-bond donors (Lipinski definition) is 2. The van der Waals surface area contributed by atoms with Gasteiger partial charge in [-0.3, -0.25) is 5.43 Å². The molecular formula is C14H18N4. The number of nitrogen functional groups attached to an aromatic ring is 1. The van der Waals surface area contributed by atoms with Crippen LogP contribution in [0.5, 0.6) is 0 Å². The number of rotatable bonds is 4. The zero-order chi connectivity index (χ0) is 13.0. The van der Waals surface area contributed by atoms with Crippen molar-refractivity contribution in [1.82, 2.24) is 9.97 Å². The summed E-state index contributed by atoms with van der Waals surface area (Å²) in [6, 6.07) is 10.3. The summed E-state index contributed by atoms with van der Waals surface area (Å²) in [5, 5.41) is 0. The molecule has 4 heteroatoms. The normalized spacial score (nSPS) is 10.7. The molecule has 4 nitrogen and oxygen atoms in total. The Morgan fingerprint density at radius 1 is 1.17 bits per heavy atom. The van der Waals surface area contributed by atoms with Crippen molar-refractivity contribution in [3.8, 4) is 11.3 Å². The molecule has 0 saturated carbocycles. The van der Waals surface area contributed by atoms with Gasteiger partial charge < -0.3 is 0 Å². The summed E-state index contributed by atoms with van der Waals surface area (Å²) in [6.45, 7) is 4.44. The largest absolute Gasteiger partial charge is 0.292 e. The lowest BCUT2D eigenvalue weighted by Gasteiger charge is -2.07. The summed E-state index contributed by atoms with van der Waals surface area (Å²) in [5.74, 6) is 6.40. The van der Waals surface area contributed by atoms with E-state index in [1.807, 2.05) is 6.07 Å². The van der Waals surface area contributed by atoms with E-state index in [9.17, 15) is 0 Å². The van der Waals surface area contributed by atoms with Crippen LogP contribution in [0.25, 0.3) is 11.3 Å². The molecule has 0 atom stereocenters. The lowest BCUT2D eigenvalue weighted by molar-refractivity contribution is 0.647. The van der Waals surface area contributed by atoms with Crippen molar-refractivity contribution >= 4 is 5.95 Å². The van der Waals surface area contributed by atoms with Crippen LogP contribution < -0.4 is 11.3 Å². The Morgan fingerprint density at radius 3 is 2.50 bits per heavy atom. The zero-order valence-electron chi connectivity index (χ0n) is 10.7. The summed E-state index contributed by atoms with van der Waals surface area (Å²) < 4.78 is 0. The van der Waals surface area contributed by atoms with E-state index >= 15 is 0 Å². The number of nitrogens with zero attached hydrogens (tertiary/aromatic N) is 2. The SMILES string of the molecule is CC(C)Cc1ccc(-c2ccnc(NN)n2)cc1. The quantitative estimate of drug-likeness (QED) is 0.639.